The van der Waals surface area contributed by atoms with E-state index in [1.165, 1.54) is 12.1 Å². The van der Waals surface area contributed by atoms with Crippen LogP contribution in [0.25, 0.3) is 11.3 Å². The molecule has 8 heteroatoms. The second kappa shape index (κ2) is 10.8. The highest BCUT2D eigenvalue weighted by atomic mass is 19.1. The molecule has 2 aromatic carbocycles. The summed E-state index contributed by atoms with van der Waals surface area (Å²) in [6.45, 7) is 3.71. The zero-order valence-electron chi connectivity index (χ0n) is 20.3. The molecule has 7 nitrogen and oxygen atoms in total. The Bertz CT molecular complexity index is 1260. The number of halogens is 1. The highest BCUT2D eigenvalue weighted by Crippen LogP contribution is 2.31. The molecule has 186 valence electrons. The number of unbranched alkanes of at least 4 members (excludes halogenated alkanes) is 2. The maximum atomic E-state index is 13.2. The normalized spacial score (nSPS) is 16.4. The fourth-order valence-corrected chi connectivity index (χ4v) is 4.54. The van der Waals surface area contributed by atoms with Crippen molar-refractivity contribution in [2.24, 2.45) is 4.99 Å². The second-order valence-electron chi connectivity index (χ2n) is 9.07. The van der Waals surface area contributed by atoms with Crippen LogP contribution in [0.4, 0.5) is 10.1 Å². The molecule has 1 saturated heterocycles. The molecule has 3 heterocycles. The van der Waals surface area contributed by atoms with Gasteiger partial charge in [-0.3, -0.25) is 9.79 Å². The molecule has 5 rings (SSSR count). The van der Waals surface area contributed by atoms with E-state index in [0.29, 0.717) is 41.9 Å². The average Bonchev–Trinajstić information content (AvgIpc) is 3.31. The molecule has 3 aromatic rings. The molecule has 0 spiro atoms. The summed E-state index contributed by atoms with van der Waals surface area (Å²) in [6, 6.07) is 13.6. The summed E-state index contributed by atoms with van der Waals surface area (Å²) in [7, 11) is 0. The van der Waals surface area contributed by atoms with Crippen molar-refractivity contribution in [3.63, 3.8) is 0 Å². The van der Waals surface area contributed by atoms with Crippen LogP contribution in [0.2, 0.25) is 0 Å². The van der Waals surface area contributed by atoms with Crippen molar-refractivity contribution in [3.05, 3.63) is 65.7 Å². The van der Waals surface area contributed by atoms with Crippen molar-refractivity contribution in [2.45, 2.75) is 45.1 Å². The predicted molar refractivity (Wildman–Crippen MR) is 136 cm³/mol. The van der Waals surface area contributed by atoms with Crippen LogP contribution in [-0.2, 0) is 0 Å². The van der Waals surface area contributed by atoms with Gasteiger partial charge >= 0.3 is 0 Å². The molecule has 1 atom stereocenters. The zero-order valence-corrected chi connectivity index (χ0v) is 20.3. The van der Waals surface area contributed by atoms with Crippen LogP contribution < -0.4 is 9.47 Å². The number of ether oxygens (including phenoxy) is 2. The highest BCUT2D eigenvalue weighted by Gasteiger charge is 2.31. The summed E-state index contributed by atoms with van der Waals surface area (Å²) >= 11 is 0. The Kier molecular flexibility index (Phi) is 7.21. The van der Waals surface area contributed by atoms with Crippen molar-refractivity contribution in [1.29, 1.82) is 0 Å². The summed E-state index contributed by atoms with van der Waals surface area (Å²) in [5.41, 5.74) is 2.85. The predicted octanol–water partition coefficient (Wildman–Crippen LogP) is 5.54. The minimum Gasteiger partial charge on any atom is -0.494 e. The van der Waals surface area contributed by atoms with E-state index in [4.69, 9.17) is 9.47 Å². The van der Waals surface area contributed by atoms with Gasteiger partial charge in [0.25, 0.3) is 5.91 Å². The summed E-state index contributed by atoms with van der Waals surface area (Å²) in [5.74, 6) is 1.61. The maximum absolute atomic E-state index is 13.2. The average molecular weight is 489 g/mol. The molecule has 0 bridgehead atoms. The highest BCUT2D eigenvalue weighted by molar-refractivity contribution is 6.02. The fourth-order valence-electron chi connectivity index (χ4n) is 4.54. The summed E-state index contributed by atoms with van der Waals surface area (Å²) in [4.78, 5) is 28.0. The first-order valence-corrected chi connectivity index (χ1v) is 12.4. The van der Waals surface area contributed by atoms with E-state index in [1.807, 2.05) is 36.2 Å². The molecule has 1 fully saturated rings. The Morgan fingerprint density at radius 1 is 1.00 bits per heavy atom. The van der Waals surface area contributed by atoms with Gasteiger partial charge in [-0.25, -0.2) is 9.37 Å². The third kappa shape index (κ3) is 5.53. The molecule has 0 N–H and O–H groups in total. The summed E-state index contributed by atoms with van der Waals surface area (Å²) < 4.78 is 24.9. The van der Waals surface area contributed by atoms with E-state index in [0.717, 1.165) is 50.0 Å². The van der Waals surface area contributed by atoms with Crippen molar-refractivity contribution in [3.8, 4) is 22.9 Å². The number of hydrogen-bond donors (Lipinski definition) is 0. The SMILES string of the molecule is Cc1nc(OCCCCCOc2ccc3c(c2)N=C[C@@H]2CCCN2C3=O)cc(-c2ccc(F)cc2)n1. The van der Waals surface area contributed by atoms with E-state index in [2.05, 4.69) is 15.0 Å². The van der Waals surface area contributed by atoms with Crippen LogP contribution >= 0.6 is 0 Å². The van der Waals surface area contributed by atoms with Crippen molar-refractivity contribution in [1.82, 2.24) is 14.9 Å². The number of rotatable bonds is 9. The van der Waals surface area contributed by atoms with Gasteiger partial charge < -0.3 is 14.4 Å². The van der Waals surface area contributed by atoms with Gasteiger partial charge in [0.2, 0.25) is 5.88 Å². The number of carbonyl (C=O) groups excluding carboxylic acids is 1. The lowest BCUT2D eigenvalue weighted by molar-refractivity contribution is 0.0775. The van der Waals surface area contributed by atoms with Gasteiger partial charge in [0, 0.05) is 30.5 Å². The second-order valence-corrected chi connectivity index (χ2v) is 9.07. The molecule has 0 saturated carbocycles. The molecule has 36 heavy (non-hydrogen) atoms. The number of nitrogens with zero attached hydrogens (tertiary/aromatic N) is 4. The number of aryl methyl sites for hydroxylation is 1. The molecule has 0 aliphatic carbocycles. The molecule has 1 amide bonds. The largest absolute Gasteiger partial charge is 0.494 e. The summed E-state index contributed by atoms with van der Waals surface area (Å²) in [6.07, 6.45) is 6.57. The zero-order chi connectivity index (χ0) is 24.9. The van der Waals surface area contributed by atoms with E-state index in [-0.39, 0.29) is 17.8 Å². The minimum atomic E-state index is -0.282. The first-order chi connectivity index (χ1) is 17.6. The molecule has 0 radical (unpaired) electrons. The van der Waals surface area contributed by atoms with Crippen molar-refractivity contribution in [2.75, 3.05) is 19.8 Å². The maximum Gasteiger partial charge on any atom is 0.256 e. The number of aromatic nitrogens is 2. The topological polar surface area (TPSA) is 76.9 Å². The van der Waals surface area contributed by atoms with Crippen LogP contribution in [0.3, 0.4) is 0 Å². The van der Waals surface area contributed by atoms with E-state index < -0.39 is 0 Å². The minimum absolute atomic E-state index is 0.0558. The number of aliphatic imine (C=N–C) groups is 1. The molecule has 2 aliphatic rings. The number of benzene rings is 2. The lowest BCUT2D eigenvalue weighted by atomic mass is 10.1. The van der Waals surface area contributed by atoms with Gasteiger partial charge in [-0.15, -0.1) is 0 Å². The summed E-state index contributed by atoms with van der Waals surface area (Å²) in [5, 5.41) is 0. The van der Waals surface area contributed by atoms with E-state index >= 15 is 0 Å². The van der Waals surface area contributed by atoms with Crippen LogP contribution in [-0.4, -0.2) is 52.8 Å². The molecular weight excluding hydrogens is 459 g/mol. The Balaban J connectivity index is 1.06. The lowest BCUT2D eigenvalue weighted by Gasteiger charge is -2.19. The third-order valence-electron chi connectivity index (χ3n) is 6.41. The van der Waals surface area contributed by atoms with Crippen molar-refractivity contribution < 1.29 is 18.7 Å². The van der Waals surface area contributed by atoms with Gasteiger partial charge in [-0.05, 0) is 75.4 Å². The third-order valence-corrected chi connectivity index (χ3v) is 6.41. The number of hydrogen-bond acceptors (Lipinski definition) is 6. The fraction of sp³-hybridized carbons (Fsp3) is 0.357. The van der Waals surface area contributed by atoms with Gasteiger partial charge in [0.1, 0.15) is 17.4 Å². The van der Waals surface area contributed by atoms with Crippen LogP contribution in [0.1, 0.15) is 48.3 Å². The Morgan fingerprint density at radius 3 is 2.64 bits per heavy atom. The van der Waals surface area contributed by atoms with Crippen LogP contribution in [0.15, 0.2) is 53.5 Å². The number of amides is 1. The Labute approximate surface area is 210 Å². The van der Waals surface area contributed by atoms with Gasteiger partial charge in [-0.2, -0.15) is 4.98 Å². The lowest BCUT2D eigenvalue weighted by Crippen LogP contribution is -2.35. The standard InChI is InChI=1S/C28H29FN4O3/c1-19-31-25(20-7-9-21(29)10-8-20)17-27(32-19)36-15-4-2-3-14-35-23-11-12-24-26(16-23)30-18-22-6-5-13-33(22)28(24)34/h7-12,16-18,22H,2-6,13-15H2,1H3/t22-/m0/s1. The van der Waals surface area contributed by atoms with Crippen molar-refractivity contribution >= 4 is 17.8 Å². The molecular formula is C28H29FN4O3. The smallest absolute Gasteiger partial charge is 0.256 e. The van der Waals surface area contributed by atoms with Gasteiger partial charge in [0.15, 0.2) is 0 Å². The Hall–Kier alpha value is -3.81. The van der Waals surface area contributed by atoms with E-state index in [1.54, 1.807) is 18.2 Å². The molecule has 1 aromatic heterocycles. The first-order valence-electron chi connectivity index (χ1n) is 12.4. The quantitative estimate of drug-likeness (QED) is 0.370. The van der Waals surface area contributed by atoms with Crippen LogP contribution in [0.5, 0.6) is 11.6 Å². The van der Waals surface area contributed by atoms with Crippen LogP contribution in [0, 0.1) is 12.7 Å². The Morgan fingerprint density at radius 2 is 1.81 bits per heavy atom. The monoisotopic (exact) mass is 488 g/mol. The number of carbonyl (C=O) groups is 1. The first kappa shape index (κ1) is 23.9. The number of fused-ring (bicyclic) bond motifs is 2. The molecule has 0 unspecified atom stereocenters. The van der Waals surface area contributed by atoms with Gasteiger partial charge in [-0.1, -0.05) is 0 Å². The van der Waals surface area contributed by atoms with Gasteiger partial charge in [0.05, 0.1) is 36.2 Å². The molecule has 2 aliphatic heterocycles. The van der Waals surface area contributed by atoms with E-state index in [9.17, 15) is 9.18 Å².